The SMILES string of the molecule is COc1cc(C(=O)Nc2nnc(-c3ccc(Cl)cc3)o2)cc(OC)c1OC. The predicted molar refractivity (Wildman–Crippen MR) is 98.8 cm³/mol. The first kappa shape index (κ1) is 18.5. The van der Waals surface area contributed by atoms with Crippen LogP contribution in [0.2, 0.25) is 5.02 Å². The average molecular weight is 390 g/mol. The molecule has 3 rings (SSSR count). The monoisotopic (exact) mass is 389 g/mol. The molecule has 0 saturated carbocycles. The first-order valence-electron chi connectivity index (χ1n) is 7.76. The van der Waals surface area contributed by atoms with Gasteiger partial charge in [0.15, 0.2) is 11.5 Å². The molecule has 0 aliphatic carbocycles. The van der Waals surface area contributed by atoms with Crippen molar-refractivity contribution in [3.8, 4) is 28.7 Å². The highest BCUT2D eigenvalue weighted by Crippen LogP contribution is 2.38. The van der Waals surface area contributed by atoms with Gasteiger partial charge in [-0.05, 0) is 36.4 Å². The second-order valence-corrected chi connectivity index (χ2v) is 5.72. The summed E-state index contributed by atoms with van der Waals surface area (Å²) >= 11 is 5.86. The number of ether oxygens (including phenoxy) is 3. The lowest BCUT2D eigenvalue weighted by atomic mass is 10.1. The van der Waals surface area contributed by atoms with Crippen LogP contribution in [0.3, 0.4) is 0 Å². The van der Waals surface area contributed by atoms with Crippen LogP contribution < -0.4 is 19.5 Å². The van der Waals surface area contributed by atoms with Crippen LogP contribution >= 0.6 is 11.6 Å². The lowest BCUT2D eigenvalue weighted by Gasteiger charge is -2.13. The van der Waals surface area contributed by atoms with Crippen molar-refractivity contribution in [2.75, 3.05) is 26.6 Å². The van der Waals surface area contributed by atoms with Crippen LogP contribution in [-0.2, 0) is 0 Å². The quantitative estimate of drug-likeness (QED) is 0.687. The van der Waals surface area contributed by atoms with E-state index in [1.807, 2.05) is 0 Å². The standard InChI is InChI=1S/C18H16ClN3O5/c1-24-13-8-11(9-14(25-2)15(13)26-3)16(23)20-18-22-21-17(27-18)10-4-6-12(19)7-5-10/h4-9H,1-3H3,(H,20,22,23). The minimum Gasteiger partial charge on any atom is -0.493 e. The van der Waals surface area contributed by atoms with Gasteiger partial charge in [0.1, 0.15) is 0 Å². The van der Waals surface area contributed by atoms with Crippen molar-refractivity contribution >= 4 is 23.5 Å². The van der Waals surface area contributed by atoms with E-state index in [0.717, 1.165) is 0 Å². The Hall–Kier alpha value is -3.26. The van der Waals surface area contributed by atoms with Crippen molar-refractivity contribution in [3.63, 3.8) is 0 Å². The molecular weight excluding hydrogens is 374 g/mol. The minimum atomic E-state index is -0.472. The molecule has 2 aromatic carbocycles. The summed E-state index contributed by atoms with van der Waals surface area (Å²) in [5.41, 5.74) is 0.955. The molecule has 1 N–H and O–H groups in total. The van der Waals surface area contributed by atoms with E-state index in [1.54, 1.807) is 24.3 Å². The van der Waals surface area contributed by atoms with Gasteiger partial charge in [-0.1, -0.05) is 16.7 Å². The Morgan fingerprint density at radius 2 is 1.63 bits per heavy atom. The molecule has 3 aromatic rings. The van der Waals surface area contributed by atoms with Gasteiger partial charge < -0.3 is 18.6 Å². The van der Waals surface area contributed by atoms with E-state index in [9.17, 15) is 4.79 Å². The summed E-state index contributed by atoms with van der Waals surface area (Å²) < 4.78 is 21.2. The topological polar surface area (TPSA) is 95.7 Å². The normalized spacial score (nSPS) is 10.4. The molecular formula is C18H16ClN3O5. The number of anilines is 1. The van der Waals surface area contributed by atoms with E-state index in [2.05, 4.69) is 15.5 Å². The largest absolute Gasteiger partial charge is 0.493 e. The number of carbonyl (C=O) groups is 1. The summed E-state index contributed by atoms with van der Waals surface area (Å²) in [5, 5.41) is 10.9. The number of amides is 1. The number of benzene rings is 2. The highest BCUT2D eigenvalue weighted by atomic mass is 35.5. The predicted octanol–water partition coefficient (Wildman–Crippen LogP) is 3.67. The Kier molecular flexibility index (Phi) is 5.46. The number of nitrogens with zero attached hydrogens (tertiary/aromatic N) is 2. The van der Waals surface area contributed by atoms with Crippen LogP contribution in [-0.4, -0.2) is 37.4 Å². The van der Waals surface area contributed by atoms with Gasteiger partial charge in [0.2, 0.25) is 11.6 Å². The van der Waals surface area contributed by atoms with Crippen molar-refractivity contribution in [2.45, 2.75) is 0 Å². The van der Waals surface area contributed by atoms with Crippen LogP contribution in [0.25, 0.3) is 11.5 Å². The van der Waals surface area contributed by atoms with E-state index in [4.69, 9.17) is 30.2 Å². The number of hydrogen-bond donors (Lipinski definition) is 1. The molecule has 0 unspecified atom stereocenters. The van der Waals surface area contributed by atoms with Crippen LogP contribution in [0.5, 0.6) is 17.2 Å². The second kappa shape index (κ2) is 7.96. The molecule has 0 radical (unpaired) electrons. The Morgan fingerprint density at radius 1 is 1.00 bits per heavy atom. The Bertz CT molecular complexity index is 931. The van der Waals surface area contributed by atoms with E-state index in [0.29, 0.717) is 27.8 Å². The third-order valence-corrected chi connectivity index (χ3v) is 3.92. The molecule has 27 heavy (non-hydrogen) atoms. The Morgan fingerprint density at radius 3 is 2.19 bits per heavy atom. The molecule has 140 valence electrons. The van der Waals surface area contributed by atoms with Gasteiger partial charge in [-0.3, -0.25) is 10.1 Å². The zero-order chi connectivity index (χ0) is 19.4. The first-order chi connectivity index (χ1) is 13.0. The van der Waals surface area contributed by atoms with E-state index >= 15 is 0 Å². The average Bonchev–Trinajstić information content (AvgIpc) is 3.15. The minimum absolute atomic E-state index is 0.0429. The van der Waals surface area contributed by atoms with Crippen molar-refractivity contribution in [2.24, 2.45) is 0 Å². The molecule has 0 saturated heterocycles. The Labute approximate surface area is 160 Å². The van der Waals surface area contributed by atoms with Gasteiger partial charge in [-0.25, -0.2) is 0 Å². The number of halogens is 1. The highest BCUT2D eigenvalue weighted by molar-refractivity contribution is 6.30. The van der Waals surface area contributed by atoms with Crippen molar-refractivity contribution < 1.29 is 23.4 Å². The molecule has 1 heterocycles. The fourth-order valence-corrected chi connectivity index (χ4v) is 2.49. The van der Waals surface area contributed by atoms with Gasteiger partial charge >= 0.3 is 6.01 Å². The fourth-order valence-electron chi connectivity index (χ4n) is 2.36. The number of hydrogen-bond acceptors (Lipinski definition) is 7. The summed E-state index contributed by atoms with van der Waals surface area (Å²) in [5.74, 6) is 0.885. The second-order valence-electron chi connectivity index (χ2n) is 5.29. The van der Waals surface area contributed by atoms with Crippen molar-refractivity contribution in [1.82, 2.24) is 10.2 Å². The van der Waals surface area contributed by atoms with Crippen LogP contribution in [0.15, 0.2) is 40.8 Å². The third-order valence-electron chi connectivity index (χ3n) is 3.66. The molecule has 0 bridgehead atoms. The molecule has 0 fully saturated rings. The number of carbonyl (C=O) groups excluding carboxylic acids is 1. The third kappa shape index (κ3) is 3.95. The van der Waals surface area contributed by atoms with E-state index in [-0.39, 0.29) is 17.5 Å². The van der Waals surface area contributed by atoms with Gasteiger partial charge in [0.25, 0.3) is 5.91 Å². The zero-order valence-electron chi connectivity index (χ0n) is 14.8. The Balaban J connectivity index is 1.82. The van der Waals surface area contributed by atoms with Crippen molar-refractivity contribution in [1.29, 1.82) is 0 Å². The van der Waals surface area contributed by atoms with E-state index < -0.39 is 5.91 Å². The maximum absolute atomic E-state index is 12.5. The molecule has 0 aliphatic heterocycles. The van der Waals surface area contributed by atoms with Crippen molar-refractivity contribution in [3.05, 3.63) is 47.0 Å². The van der Waals surface area contributed by atoms with Gasteiger partial charge in [-0.15, -0.1) is 5.10 Å². The summed E-state index contributed by atoms with van der Waals surface area (Å²) in [4.78, 5) is 12.5. The molecule has 8 nitrogen and oxygen atoms in total. The lowest BCUT2D eigenvalue weighted by molar-refractivity contribution is 0.102. The van der Waals surface area contributed by atoms with Crippen LogP contribution in [0.1, 0.15) is 10.4 Å². The molecule has 9 heteroatoms. The van der Waals surface area contributed by atoms with Crippen LogP contribution in [0.4, 0.5) is 6.01 Å². The summed E-state index contributed by atoms with van der Waals surface area (Å²) in [6, 6.07) is 9.88. The summed E-state index contributed by atoms with van der Waals surface area (Å²) in [6.45, 7) is 0. The summed E-state index contributed by atoms with van der Waals surface area (Å²) in [7, 11) is 4.42. The number of aromatic nitrogens is 2. The maximum atomic E-state index is 12.5. The van der Waals surface area contributed by atoms with E-state index in [1.165, 1.54) is 33.5 Å². The molecule has 1 aromatic heterocycles. The summed E-state index contributed by atoms with van der Waals surface area (Å²) in [6.07, 6.45) is 0. The zero-order valence-corrected chi connectivity index (χ0v) is 15.5. The van der Waals surface area contributed by atoms with Gasteiger partial charge in [0.05, 0.1) is 21.3 Å². The van der Waals surface area contributed by atoms with Gasteiger partial charge in [0, 0.05) is 16.1 Å². The molecule has 0 spiro atoms. The first-order valence-corrected chi connectivity index (χ1v) is 8.14. The number of methoxy groups -OCH3 is 3. The molecule has 1 amide bonds. The number of rotatable bonds is 6. The highest BCUT2D eigenvalue weighted by Gasteiger charge is 2.19. The number of nitrogens with one attached hydrogen (secondary N) is 1. The lowest BCUT2D eigenvalue weighted by Crippen LogP contribution is -2.13. The van der Waals surface area contributed by atoms with Gasteiger partial charge in [-0.2, -0.15) is 0 Å². The maximum Gasteiger partial charge on any atom is 0.322 e. The van der Waals surface area contributed by atoms with Crippen LogP contribution in [0, 0.1) is 0 Å². The molecule has 0 atom stereocenters. The molecule has 0 aliphatic rings. The fraction of sp³-hybridized carbons (Fsp3) is 0.167. The smallest absolute Gasteiger partial charge is 0.322 e.